The molecule has 0 saturated heterocycles. The molecule has 0 radical (unpaired) electrons. The normalized spacial score (nSPS) is 17.7. The van der Waals surface area contributed by atoms with Crippen molar-refractivity contribution >= 4 is 21.2 Å². The van der Waals surface area contributed by atoms with Crippen molar-refractivity contribution in [2.24, 2.45) is 0 Å². The molecule has 5 nitrogen and oxygen atoms in total. The molecule has 1 saturated carbocycles. The first kappa shape index (κ1) is 12.5. The maximum absolute atomic E-state index is 12.3. The minimum atomic E-state index is -3.27. The number of sulfonamides is 1. The minimum Gasteiger partial charge on any atom is -0.283 e. The van der Waals surface area contributed by atoms with Crippen LogP contribution in [0.3, 0.4) is 0 Å². The number of rotatable bonds is 3. The lowest BCUT2D eigenvalue weighted by atomic mass is 10.0. The van der Waals surface area contributed by atoms with Crippen LogP contribution in [0, 0.1) is 0 Å². The van der Waals surface area contributed by atoms with E-state index in [2.05, 4.69) is 9.82 Å². The van der Waals surface area contributed by atoms with E-state index < -0.39 is 10.0 Å². The Morgan fingerprint density at radius 2 is 2.00 bits per heavy atom. The molecular weight excluding hydrogens is 262 g/mol. The standard InChI is InChI=1S/C13H17N3O2S/c17-19(18,13-4-2-1-3-5-13)15-11-7-9-16-12(10-11)6-8-14-16/h6-10,13,15H,1-5H2. The molecule has 1 aliphatic rings. The summed E-state index contributed by atoms with van der Waals surface area (Å²) in [5.74, 6) is 0. The largest absolute Gasteiger partial charge is 0.283 e. The quantitative estimate of drug-likeness (QED) is 0.938. The van der Waals surface area contributed by atoms with Gasteiger partial charge >= 0.3 is 0 Å². The lowest BCUT2D eigenvalue weighted by Gasteiger charge is -2.22. The van der Waals surface area contributed by atoms with E-state index >= 15 is 0 Å². The number of nitrogens with one attached hydrogen (secondary N) is 1. The van der Waals surface area contributed by atoms with Crippen LogP contribution < -0.4 is 4.72 Å². The average Bonchev–Trinajstić information content (AvgIpc) is 2.87. The molecule has 102 valence electrons. The fourth-order valence-electron chi connectivity index (χ4n) is 2.61. The molecule has 3 rings (SSSR count). The van der Waals surface area contributed by atoms with Gasteiger partial charge in [-0.2, -0.15) is 5.10 Å². The molecular formula is C13H17N3O2S. The Balaban J connectivity index is 1.82. The van der Waals surface area contributed by atoms with Crippen LogP contribution in [0.2, 0.25) is 0 Å². The molecule has 2 aromatic rings. The van der Waals surface area contributed by atoms with Crippen molar-refractivity contribution in [2.45, 2.75) is 37.4 Å². The Morgan fingerprint density at radius 1 is 1.21 bits per heavy atom. The van der Waals surface area contributed by atoms with Crippen molar-refractivity contribution in [2.75, 3.05) is 4.72 Å². The third-order valence-corrected chi connectivity index (χ3v) is 5.52. The van der Waals surface area contributed by atoms with Gasteiger partial charge in [-0.25, -0.2) is 12.9 Å². The highest BCUT2D eigenvalue weighted by Gasteiger charge is 2.27. The first-order chi connectivity index (χ1) is 9.15. The van der Waals surface area contributed by atoms with Gasteiger partial charge in [-0.3, -0.25) is 4.72 Å². The summed E-state index contributed by atoms with van der Waals surface area (Å²) in [6, 6.07) is 5.38. The number of nitrogens with zero attached hydrogens (tertiary/aromatic N) is 2. The molecule has 1 aliphatic carbocycles. The van der Waals surface area contributed by atoms with Crippen molar-refractivity contribution in [1.82, 2.24) is 9.61 Å². The van der Waals surface area contributed by atoms with E-state index in [1.165, 1.54) is 0 Å². The second-order valence-electron chi connectivity index (χ2n) is 5.02. The summed E-state index contributed by atoms with van der Waals surface area (Å²) in [6.07, 6.45) is 8.14. The maximum Gasteiger partial charge on any atom is 0.235 e. The summed E-state index contributed by atoms with van der Waals surface area (Å²) in [7, 11) is -3.27. The van der Waals surface area contributed by atoms with Crippen LogP contribution in [0.5, 0.6) is 0 Å². The van der Waals surface area contributed by atoms with E-state index in [0.29, 0.717) is 5.69 Å². The van der Waals surface area contributed by atoms with E-state index in [1.807, 2.05) is 6.07 Å². The van der Waals surface area contributed by atoms with Gasteiger partial charge in [-0.1, -0.05) is 19.3 Å². The smallest absolute Gasteiger partial charge is 0.235 e. The SMILES string of the molecule is O=S(=O)(Nc1ccn2nccc2c1)C1CCCCC1. The Morgan fingerprint density at radius 3 is 2.79 bits per heavy atom. The van der Waals surface area contributed by atoms with Gasteiger partial charge < -0.3 is 0 Å². The second kappa shape index (κ2) is 4.85. The third kappa shape index (κ3) is 2.58. The van der Waals surface area contributed by atoms with E-state index in [4.69, 9.17) is 0 Å². The van der Waals surface area contributed by atoms with Crippen LogP contribution in [-0.2, 0) is 10.0 Å². The zero-order chi connectivity index (χ0) is 13.3. The van der Waals surface area contributed by atoms with E-state index in [-0.39, 0.29) is 5.25 Å². The van der Waals surface area contributed by atoms with Crippen LogP contribution in [-0.4, -0.2) is 23.3 Å². The van der Waals surface area contributed by atoms with Crippen molar-refractivity contribution in [3.05, 3.63) is 30.6 Å². The van der Waals surface area contributed by atoms with Gasteiger partial charge in [-0.15, -0.1) is 0 Å². The Kier molecular flexibility index (Phi) is 3.18. The number of hydrogen-bond acceptors (Lipinski definition) is 3. The minimum absolute atomic E-state index is 0.248. The Hall–Kier alpha value is -1.56. The highest BCUT2D eigenvalue weighted by atomic mass is 32.2. The average molecular weight is 279 g/mol. The fraction of sp³-hybridized carbons (Fsp3) is 0.462. The molecule has 0 unspecified atom stereocenters. The number of anilines is 1. The van der Waals surface area contributed by atoms with Crippen LogP contribution in [0.1, 0.15) is 32.1 Å². The zero-order valence-corrected chi connectivity index (χ0v) is 11.4. The first-order valence-electron chi connectivity index (χ1n) is 6.60. The number of hydrogen-bond donors (Lipinski definition) is 1. The topological polar surface area (TPSA) is 63.5 Å². The molecule has 6 heteroatoms. The van der Waals surface area contributed by atoms with Crippen LogP contribution in [0.15, 0.2) is 30.6 Å². The summed E-state index contributed by atoms with van der Waals surface area (Å²) < 4.78 is 29.0. The monoisotopic (exact) mass is 279 g/mol. The zero-order valence-electron chi connectivity index (χ0n) is 10.6. The van der Waals surface area contributed by atoms with Gasteiger partial charge in [0.25, 0.3) is 0 Å². The highest BCUT2D eigenvalue weighted by molar-refractivity contribution is 7.93. The van der Waals surface area contributed by atoms with Gasteiger partial charge in [0.1, 0.15) is 0 Å². The lowest BCUT2D eigenvalue weighted by Crippen LogP contribution is -2.29. The molecule has 1 fully saturated rings. The van der Waals surface area contributed by atoms with E-state index in [9.17, 15) is 8.42 Å². The molecule has 0 bridgehead atoms. The van der Waals surface area contributed by atoms with E-state index in [0.717, 1.165) is 37.6 Å². The summed E-state index contributed by atoms with van der Waals surface area (Å²) in [5, 5.41) is 3.84. The second-order valence-corrected chi connectivity index (χ2v) is 6.98. The van der Waals surface area contributed by atoms with Crippen LogP contribution in [0.4, 0.5) is 5.69 Å². The summed E-state index contributed by atoms with van der Waals surface area (Å²) in [4.78, 5) is 0. The molecule has 0 atom stereocenters. The van der Waals surface area contributed by atoms with Crippen molar-refractivity contribution < 1.29 is 8.42 Å². The number of aromatic nitrogens is 2. The van der Waals surface area contributed by atoms with Gasteiger partial charge in [0.2, 0.25) is 10.0 Å². The Bertz CT molecular complexity index is 672. The predicted molar refractivity (Wildman–Crippen MR) is 74.6 cm³/mol. The van der Waals surface area contributed by atoms with Gasteiger partial charge in [0.05, 0.1) is 16.5 Å². The van der Waals surface area contributed by atoms with Crippen molar-refractivity contribution in [3.8, 4) is 0 Å². The maximum atomic E-state index is 12.3. The summed E-state index contributed by atoms with van der Waals surface area (Å²) in [6.45, 7) is 0. The highest BCUT2D eigenvalue weighted by Crippen LogP contribution is 2.25. The molecule has 0 aromatic carbocycles. The molecule has 0 aliphatic heterocycles. The molecule has 2 heterocycles. The van der Waals surface area contributed by atoms with Crippen molar-refractivity contribution in [3.63, 3.8) is 0 Å². The molecule has 19 heavy (non-hydrogen) atoms. The predicted octanol–water partition coefficient (Wildman–Crippen LogP) is 2.41. The van der Waals surface area contributed by atoms with E-state index in [1.54, 1.807) is 29.0 Å². The van der Waals surface area contributed by atoms with Crippen LogP contribution in [0.25, 0.3) is 5.52 Å². The van der Waals surface area contributed by atoms with Gasteiger partial charge in [0.15, 0.2) is 0 Å². The van der Waals surface area contributed by atoms with Gasteiger partial charge in [-0.05, 0) is 31.0 Å². The number of pyridine rings is 1. The molecule has 1 N–H and O–H groups in total. The molecule has 0 spiro atoms. The first-order valence-corrected chi connectivity index (χ1v) is 8.15. The number of fused-ring (bicyclic) bond motifs is 1. The van der Waals surface area contributed by atoms with Gasteiger partial charge in [0, 0.05) is 12.4 Å². The third-order valence-electron chi connectivity index (χ3n) is 3.65. The summed E-state index contributed by atoms with van der Waals surface area (Å²) in [5.41, 5.74) is 1.49. The fourth-order valence-corrected chi connectivity index (χ4v) is 4.18. The van der Waals surface area contributed by atoms with Crippen LogP contribution >= 0.6 is 0 Å². The lowest BCUT2D eigenvalue weighted by molar-refractivity contribution is 0.486. The molecule has 2 aromatic heterocycles. The molecule has 0 amide bonds. The summed E-state index contributed by atoms with van der Waals surface area (Å²) >= 11 is 0. The Labute approximate surface area is 112 Å². The van der Waals surface area contributed by atoms with Crippen molar-refractivity contribution in [1.29, 1.82) is 0 Å².